The zero-order valence-corrected chi connectivity index (χ0v) is 15.6. The molecule has 1 saturated heterocycles. The van der Waals surface area contributed by atoms with E-state index in [9.17, 15) is 0 Å². The van der Waals surface area contributed by atoms with E-state index in [2.05, 4.69) is 74.5 Å². The van der Waals surface area contributed by atoms with Crippen LogP contribution in [-0.2, 0) is 0 Å². The molecule has 3 rings (SSSR count). The summed E-state index contributed by atoms with van der Waals surface area (Å²) in [7, 11) is 0. The van der Waals surface area contributed by atoms with E-state index in [1.807, 2.05) is 12.3 Å². The van der Waals surface area contributed by atoms with Crippen LogP contribution < -0.4 is 10.2 Å². The number of hydrogen-bond donors (Lipinski definition) is 1. The monoisotopic (exact) mass is 351 g/mol. The van der Waals surface area contributed by atoms with Crippen LogP contribution in [0, 0.1) is 0 Å². The van der Waals surface area contributed by atoms with Crippen molar-refractivity contribution < 1.29 is 0 Å². The lowest BCUT2D eigenvalue weighted by Crippen LogP contribution is -2.46. The normalized spacial score (nSPS) is 15.5. The summed E-state index contributed by atoms with van der Waals surface area (Å²) in [5.41, 5.74) is 1.26. The second kappa shape index (κ2) is 9.92. The summed E-state index contributed by atoms with van der Waals surface area (Å²) in [6.45, 7) is 8.24. The van der Waals surface area contributed by atoms with Crippen molar-refractivity contribution in [1.82, 2.24) is 14.9 Å². The van der Waals surface area contributed by atoms with Gasteiger partial charge in [-0.15, -0.1) is 0 Å². The Hall–Kier alpha value is -2.40. The molecule has 1 aromatic carbocycles. The van der Waals surface area contributed by atoms with E-state index in [0.717, 1.165) is 57.5 Å². The van der Waals surface area contributed by atoms with Crippen molar-refractivity contribution in [2.24, 2.45) is 0 Å². The average Bonchev–Trinajstić information content (AvgIpc) is 2.70. The number of nitrogens with one attached hydrogen (secondary N) is 1. The number of benzene rings is 1. The summed E-state index contributed by atoms with van der Waals surface area (Å²) >= 11 is 0. The Kier molecular flexibility index (Phi) is 7.02. The van der Waals surface area contributed by atoms with Crippen LogP contribution in [0.1, 0.15) is 25.3 Å². The lowest BCUT2D eigenvalue weighted by atomic mass is 10.2. The van der Waals surface area contributed by atoms with Crippen molar-refractivity contribution in [1.29, 1.82) is 0 Å². The van der Waals surface area contributed by atoms with Crippen molar-refractivity contribution in [3.05, 3.63) is 54.2 Å². The lowest BCUT2D eigenvalue weighted by molar-refractivity contribution is 0.283. The molecule has 2 heterocycles. The summed E-state index contributed by atoms with van der Waals surface area (Å²) < 4.78 is 0. The third-order valence-corrected chi connectivity index (χ3v) is 4.62. The first-order valence-corrected chi connectivity index (χ1v) is 9.61. The molecule has 138 valence electrons. The van der Waals surface area contributed by atoms with Gasteiger partial charge in [0, 0.05) is 45.5 Å². The Bertz CT molecular complexity index is 678. The molecule has 1 fully saturated rings. The highest BCUT2D eigenvalue weighted by Gasteiger charge is 2.17. The van der Waals surface area contributed by atoms with Crippen LogP contribution >= 0.6 is 0 Å². The molecule has 26 heavy (non-hydrogen) atoms. The van der Waals surface area contributed by atoms with Crippen LogP contribution in [0.3, 0.4) is 0 Å². The first-order valence-electron chi connectivity index (χ1n) is 9.61. The van der Waals surface area contributed by atoms with Gasteiger partial charge in [-0.2, -0.15) is 4.98 Å². The molecule has 5 nitrogen and oxygen atoms in total. The number of hydrogen-bond acceptors (Lipinski definition) is 5. The van der Waals surface area contributed by atoms with E-state index in [1.54, 1.807) is 0 Å². The third-order valence-electron chi connectivity index (χ3n) is 4.62. The zero-order chi connectivity index (χ0) is 18.0. The van der Waals surface area contributed by atoms with Crippen LogP contribution in [0.25, 0.3) is 6.08 Å². The van der Waals surface area contributed by atoms with E-state index >= 15 is 0 Å². The molecule has 5 heteroatoms. The van der Waals surface area contributed by atoms with Crippen molar-refractivity contribution in [3.63, 3.8) is 0 Å². The van der Waals surface area contributed by atoms with Gasteiger partial charge >= 0.3 is 0 Å². The van der Waals surface area contributed by atoms with Gasteiger partial charge in [0.25, 0.3) is 0 Å². The molecular weight excluding hydrogens is 322 g/mol. The Morgan fingerprint density at radius 2 is 1.88 bits per heavy atom. The number of piperazine rings is 1. The number of rotatable bonds is 8. The van der Waals surface area contributed by atoms with Gasteiger partial charge in [-0.1, -0.05) is 55.8 Å². The molecule has 0 atom stereocenters. The van der Waals surface area contributed by atoms with Gasteiger partial charge in [-0.25, -0.2) is 4.98 Å². The average molecular weight is 351 g/mol. The first kappa shape index (κ1) is 18.4. The van der Waals surface area contributed by atoms with E-state index in [1.165, 1.54) is 12.0 Å². The molecule has 1 aromatic heterocycles. The van der Waals surface area contributed by atoms with Crippen LogP contribution in [0.15, 0.2) is 48.7 Å². The van der Waals surface area contributed by atoms with Crippen LogP contribution in [0.5, 0.6) is 0 Å². The van der Waals surface area contributed by atoms with Crippen molar-refractivity contribution in [2.45, 2.75) is 19.8 Å². The molecule has 0 unspecified atom stereocenters. The third kappa shape index (κ3) is 5.56. The van der Waals surface area contributed by atoms with Gasteiger partial charge in [-0.3, -0.25) is 4.90 Å². The summed E-state index contributed by atoms with van der Waals surface area (Å²) in [6.07, 6.45) is 8.62. The fourth-order valence-corrected chi connectivity index (χ4v) is 3.05. The first-order chi connectivity index (χ1) is 12.8. The quantitative estimate of drug-likeness (QED) is 0.737. The molecule has 0 amide bonds. The second-order valence-corrected chi connectivity index (χ2v) is 6.62. The smallest absolute Gasteiger partial charge is 0.224 e. The van der Waals surface area contributed by atoms with Crippen LogP contribution in [0.2, 0.25) is 0 Å². The topological polar surface area (TPSA) is 44.3 Å². The molecule has 1 aliphatic rings. The maximum Gasteiger partial charge on any atom is 0.224 e. The minimum Gasteiger partial charge on any atom is -0.354 e. The SMILES string of the molecule is CCCCNc1nccc(N2CCN(C/C=C/c3ccccc3)CC2)n1. The minimum absolute atomic E-state index is 0.740. The largest absolute Gasteiger partial charge is 0.354 e. The predicted molar refractivity (Wildman–Crippen MR) is 110 cm³/mol. The standard InChI is InChI=1S/C21H29N5/c1-2-3-12-22-21-23-13-11-20(24-21)26-17-15-25(16-18-26)14-7-10-19-8-5-4-6-9-19/h4-11,13H,2-3,12,14-18H2,1H3,(H,22,23,24)/b10-7+. The zero-order valence-electron chi connectivity index (χ0n) is 15.6. The van der Waals surface area contributed by atoms with Gasteiger partial charge in [0.1, 0.15) is 5.82 Å². The van der Waals surface area contributed by atoms with Crippen molar-refractivity contribution in [3.8, 4) is 0 Å². The van der Waals surface area contributed by atoms with Gasteiger partial charge in [0.05, 0.1) is 0 Å². The fraction of sp³-hybridized carbons (Fsp3) is 0.429. The van der Waals surface area contributed by atoms with Crippen molar-refractivity contribution >= 4 is 17.8 Å². The summed E-state index contributed by atoms with van der Waals surface area (Å²) in [6, 6.07) is 12.5. The van der Waals surface area contributed by atoms with E-state index in [0.29, 0.717) is 0 Å². The Morgan fingerprint density at radius 3 is 2.65 bits per heavy atom. The maximum absolute atomic E-state index is 4.67. The Labute approximate surface area is 156 Å². The molecule has 1 N–H and O–H groups in total. The highest BCUT2D eigenvalue weighted by Crippen LogP contribution is 2.15. The molecule has 0 bridgehead atoms. The summed E-state index contributed by atoms with van der Waals surface area (Å²) in [4.78, 5) is 13.8. The van der Waals surface area contributed by atoms with E-state index in [-0.39, 0.29) is 0 Å². The van der Waals surface area contributed by atoms with Crippen LogP contribution in [-0.4, -0.2) is 54.1 Å². The van der Waals surface area contributed by atoms with Gasteiger partial charge < -0.3 is 10.2 Å². The number of nitrogens with zero attached hydrogens (tertiary/aromatic N) is 4. The molecule has 0 spiro atoms. The second-order valence-electron chi connectivity index (χ2n) is 6.62. The van der Waals surface area contributed by atoms with Gasteiger partial charge in [0.2, 0.25) is 5.95 Å². The highest BCUT2D eigenvalue weighted by molar-refractivity contribution is 5.49. The Balaban J connectivity index is 1.46. The molecule has 2 aromatic rings. The van der Waals surface area contributed by atoms with E-state index in [4.69, 9.17) is 0 Å². The molecular formula is C21H29N5. The van der Waals surface area contributed by atoms with Gasteiger partial charge in [-0.05, 0) is 18.1 Å². The highest BCUT2D eigenvalue weighted by atomic mass is 15.3. The predicted octanol–water partition coefficient (Wildman–Crippen LogP) is 3.52. The molecule has 0 radical (unpaired) electrons. The van der Waals surface area contributed by atoms with E-state index < -0.39 is 0 Å². The van der Waals surface area contributed by atoms with Crippen LogP contribution in [0.4, 0.5) is 11.8 Å². The minimum atomic E-state index is 0.740. The molecule has 0 saturated carbocycles. The number of anilines is 2. The lowest BCUT2D eigenvalue weighted by Gasteiger charge is -2.34. The number of aromatic nitrogens is 2. The Morgan fingerprint density at radius 1 is 1.08 bits per heavy atom. The van der Waals surface area contributed by atoms with Gasteiger partial charge in [0.15, 0.2) is 0 Å². The van der Waals surface area contributed by atoms with Crippen molar-refractivity contribution in [2.75, 3.05) is 49.5 Å². The fourth-order valence-electron chi connectivity index (χ4n) is 3.05. The summed E-state index contributed by atoms with van der Waals surface area (Å²) in [5, 5.41) is 3.31. The molecule has 0 aliphatic carbocycles. The maximum atomic E-state index is 4.67. The summed E-state index contributed by atoms with van der Waals surface area (Å²) in [5.74, 6) is 1.77. The number of unbranched alkanes of at least 4 members (excludes halogenated alkanes) is 1. The molecule has 1 aliphatic heterocycles.